The fraction of sp³-hybridized carbons (Fsp3) is 0.278. The summed E-state index contributed by atoms with van der Waals surface area (Å²) >= 11 is 5.34. The third-order valence-electron chi connectivity index (χ3n) is 4.21. The number of rotatable bonds is 5. The predicted octanol–water partition coefficient (Wildman–Crippen LogP) is 1.93. The molecule has 1 aliphatic rings. The van der Waals surface area contributed by atoms with E-state index in [1.54, 1.807) is 61.7 Å². The van der Waals surface area contributed by atoms with Crippen LogP contribution in [0.2, 0.25) is 0 Å². The quantitative estimate of drug-likeness (QED) is 0.634. The van der Waals surface area contributed by atoms with E-state index < -0.39 is 6.04 Å². The van der Waals surface area contributed by atoms with Crippen LogP contribution in [0, 0.1) is 0 Å². The van der Waals surface area contributed by atoms with E-state index in [9.17, 15) is 9.59 Å². The number of carbonyl (C=O) groups is 2. The number of amides is 2. The molecule has 8 heteroatoms. The molecule has 136 valence electrons. The fourth-order valence-electron chi connectivity index (χ4n) is 2.90. The Kier molecular flexibility index (Phi) is 5.22. The van der Waals surface area contributed by atoms with Gasteiger partial charge in [-0.15, -0.1) is 0 Å². The number of ether oxygens (including phenoxy) is 1. The SMILES string of the molecule is CNC(=S)N(Cc1ccco1)C1CC(=O)N(c2ccc(OC)cc2)C1=O. The molecule has 1 aromatic heterocycles. The topological polar surface area (TPSA) is 75.0 Å². The van der Waals surface area contributed by atoms with E-state index in [-0.39, 0.29) is 18.2 Å². The van der Waals surface area contributed by atoms with Gasteiger partial charge in [-0.3, -0.25) is 9.59 Å². The number of nitrogens with zero attached hydrogens (tertiary/aromatic N) is 2. The van der Waals surface area contributed by atoms with Crippen molar-refractivity contribution in [2.45, 2.75) is 19.0 Å². The summed E-state index contributed by atoms with van der Waals surface area (Å²) in [4.78, 5) is 28.4. The van der Waals surface area contributed by atoms with Crippen LogP contribution in [0.5, 0.6) is 5.75 Å². The second-order valence-electron chi connectivity index (χ2n) is 5.75. The maximum absolute atomic E-state index is 13.0. The van der Waals surface area contributed by atoms with Gasteiger partial charge < -0.3 is 19.4 Å². The van der Waals surface area contributed by atoms with Crippen molar-refractivity contribution >= 4 is 34.8 Å². The zero-order valence-electron chi connectivity index (χ0n) is 14.5. The lowest BCUT2D eigenvalue weighted by molar-refractivity contribution is -0.122. The van der Waals surface area contributed by atoms with E-state index in [0.717, 1.165) is 0 Å². The molecule has 1 saturated heterocycles. The summed E-state index contributed by atoms with van der Waals surface area (Å²) in [7, 11) is 3.24. The Hall–Kier alpha value is -2.87. The van der Waals surface area contributed by atoms with Crippen LogP contribution in [0.4, 0.5) is 5.69 Å². The van der Waals surface area contributed by atoms with Crippen LogP contribution in [-0.2, 0) is 16.1 Å². The Labute approximate surface area is 156 Å². The van der Waals surface area contributed by atoms with Gasteiger partial charge in [-0.25, -0.2) is 4.90 Å². The van der Waals surface area contributed by atoms with E-state index >= 15 is 0 Å². The third kappa shape index (κ3) is 3.41. The van der Waals surface area contributed by atoms with Crippen molar-refractivity contribution in [3.05, 3.63) is 48.4 Å². The lowest BCUT2D eigenvalue weighted by atomic mass is 10.2. The molecule has 1 unspecified atom stereocenters. The average molecular weight is 373 g/mol. The van der Waals surface area contributed by atoms with Crippen LogP contribution >= 0.6 is 12.2 Å². The average Bonchev–Trinajstić information content (AvgIpc) is 3.27. The third-order valence-corrected chi connectivity index (χ3v) is 4.65. The van der Waals surface area contributed by atoms with E-state index in [0.29, 0.717) is 28.9 Å². The Morgan fingerprint density at radius 2 is 2.08 bits per heavy atom. The number of anilines is 1. The van der Waals surface area contributed by atoms with Gasteiger partial charge >= 0.3 is 0 Å². The first-order valence-electron chi connectivity index (χ1n) is 8.06. The van der Waals surface area contributed by atoms with Gasteiger partial charge in [0.2, 0.25) is 5.91 Å². The molecule has 1 atom stereocenters. The van der Waals surface area contributed by atoms with Crippen molar-refractivity contribution in [3.63, 3.8) is 0 Å². The summed E-state index contributed by atoms with van der Waals surface area (Å²) in [5.41, 5.74) is 0.511. The van der Waals surface area contributed by atoms with Gasteiger partial charge in [0.05, 0.1) is 32.0 Å². The highest BCUT2D eigenvalue weighted by atomic mass is 32.1. The van der Waals surface area contributed by atoms with Crippen LogP contribution in [0.15, 0.2) is 47.1 Å². The molecule has 0 radical (unpaired) electrons. The molecule has 2 amide bonds. The highest BCUT2D eigenvalue weighted by molar-refractivity contribution is 7.80. The fourth-order valence-corrected chi connectivity index (χ4v) is 3.09. The van der Waals surface area contributed by atoms with Crippen molar-refractivity contribution in [2.24, 2.45) is 0 Å². The van der Waals surface area contributed by atoms with Crippen molar-refractivity contribution in [3.8, 4) is 5.75 Å². The van der Waals surface area contributed by atoms with E-state index in [1.807, 2.05) is 0 Å². The highest BCUT2D eigenvalue weighted by Gasteiger charge is 2.43. The smallest absolute Gasteiger partial charge is 0.257 e. The van der Waals surface area contributed by atoms with Crippen molar-refractivity contribution in [2.75, 3.05) is 19.1 Å². The number of imide groups is 1. The van der Waals surface area contributed by atoms with Gasteiger partial charge in [0.25, 0.3) is 5.91 Å². The summed E-state index contributed by atoms with van der Waals surface area (Å²) in [6, 6.07) is 9.67. The van der Waals surface area contributed by atoms with Crippen LogP contribution in [0.1, 0.15) is 12.2 Å². The molecule has 2 heterocycles. The molecular weight excluding hydrogens is 354 g/mol. The Balaban J connectivity index is 1.85. The molecule has 0 bridgehead atoms. The molecular formula is C18H19N3O4S. The minimum Gasteiger partial charge on any atom is -0.497 e. The summed E-state index contributed by atoms with van der Waals surface area (Å²) in [6.45, 7) is 0.298. The zero-order chi connectivity index (χ0) is 18.7. The van der Waals surface area contributed by atoms with Crippen LogP contribution < -0.4 is 15.0 Å². The number of benzene rings is 1. The van der Waals surface area contributed by atoms with E-state index in [1.165, 1.54) is 4.90 Å². The number of hydrogen-bond donors (Lipinski definition) is 1. The maximum atomic E-state index is 13.0. The zero-order valence-corrected chi connectivity index (χ0v) is 15.3. The minimum atomic E-state index is -0.686. The number of hydrogen-bond acceptors (Lipinski definition) is 5. The monoisotopic (exact) mass is 373 g/mol. The molecule has 1 fully saturated rings. The van der Waals surface area contributed by atoms with Gasteiger partial charge in [-0.1, -0.05) is 0 Å². The normalized spacial score (nSPS) is 16.7. The second-order valence-corrected chi connectivity index (χ2v) is 6.13. The Morgan fingerprint density at radius 1 is 1.35 bits per heavy atom. The molecule has 0 spiro atoms. The first-order valence-corrected chi connectivity index (χ1v) is 8.47. The second kappa shape index (κ2) is 7.57. The van der Waals surface area contributed by atoms with Crippen LogP contribution in [0.25, 0.3) is 0 Å². The van der Waals surface area contributed by atoms with Crippen LogP contribution in [0.3, 0.4) is 0 Å². The van der Waals surface area contributed by atoms with Crippen molar-refractivity contribution < 1.29 is 18.7 Å². The number of thiocarbonyl (C=S) groups is 1. The largest absolute Gasteiger partial charge is 0.497 e. The van der Waals surface area contributed by atoms with Gasteiger partial charge in [-0.05, 0) is 48.6 Å². The Bertz CT molecular complexity index is 804. The number of carbonyl (C=O) groups excluding carboxylic acids is 2. The van der Waals surface area contributed by atoms with Gasteiger partial charge in [-0.2, -0.15) is 0 Å². The van der Waals surface area contributed by atoms with Gasteiger partial charge in [0, 0.05) is 7.05 Å². The number of furan rings is 1. The lowest BCUT2D eigenvalue weighted by Gasteiger charge is -2.28. The molecule has 1 N–H and O–H groups in total. The molecule has 1 aromatic carbocycles. The van der Waals surface area contributed by atoms with Crippen LogP contribution in [-0.4, -0.2) is 42.0 Å². The predicted molar refractivity (Wildman–Crippen MR) is 99.8 cm³/mol. The molecule has 26 heavy (non-hydrogen) atoms. The van der Waals surface area contributed by atoms with Crippen molar-refractivity contribution in [1.29, 1.82) is 0 Å². The summed E-state index contributed by atoms with van der Waals surface area (Å²) in [6.07, 6.45) is 1.61. The molecule has 3 rings (SSSR count). The molecule has 1 aliphatic heterocycles. The highest BCUT2D eigenvalue weighted by Crippen LogP contribution is 2.28. The van der Waals surface area contributed by atoms with E-state index in [4.69, 9.17) is 21.4 Å². The maximum Gasteiger partial charge on any atom is 0.257 e. The molecule has 0 aliphatic carbocycles. The lowest BCUT2D eigenvalue weighted by Crippen LogP contribution is -2.48. The van der Waals surface area contributed by atoms with Gasteiger partial charge in [0.15, 0.2) is 5.11 Å². The number of nitrogens with one attached hydrogen (secondary N) is 1. The standard InChI is InChI=1S/C18H19N3O4S/c1-19-18(26)20(11-14-4-3-9-25-14)15-10-16(22)21(17(15)23)12-5-7-13(24-2)8-6-12/h3-9,15H,10-11H2,1-2H3,(H,19,26). The summed E-state index contributed by atoms with van der Waals surface area (Å²) < 4.78 is 10.5. The summed E-state index contributed by atoms with van der Waals surface area (Å²) in [5, 5.41) is 3.26. The number of methoxy groups -OCH3 is 1. The molecule has 2 aromatic rings. The van der Waals surface area contributed by atoms with E-state index in [2.05, 4.69) is 5.32 Å². The van der Waals surface area contributed by atoms with Gasteiger partial charge in [0.1, 0.15) is 17.6 Å². The molecule has 0 saturated carbocycles. The Morgan fingerprint density at radius 3 is 2.65 bits per heavy atom. The first-order chi connectivity index (χ1) is 12.5. The van der Waals surface area contributed by atoms with Crippen molar-refractivity contribution in [1.82, 2.24) is 10.2 Å². The summed E-state index contributed by atoms with van der Waals surface area (Å²) in [5.74, 6) is 0.726. The first kappa shape index (κ1) is 17.9. The molecule has 7 nitrogen and oxygen atoms in total. The minimum absolute atomic E-state index is 0.0490.